The largest absolute Gasteiger partial charge is 0.309 e. The number of hydrogen-bond acceptors (Lipinski definition) is 5. The maximum atomic E-state index is 12.3. The van der Waals surface area contributed by atoms with Crippen LogP contribution in [0.4, 0.5) is 0 Å². The smallest absolute Gasteiger partial charge is 0.259 e. The second-order valence-corrected chi connectivity index (χ2v) is 7.17. The van der Waals surface area contributed by atoms with E-state index in [-0.39, 0.29) is 17.9 Å². The Morgan fingerprint density at radius 2 is 2.00 bits per heavy atom. The SMILES string of the molecule is CC/C(=N\NC(=O)Cc1nc2sc(C)c(C)c2c(=O)[nH]1)c1ccccc1. The summed E-state index contributed by atoms with van der Waals surface area (Å²) in [6, 6.07) is 9.68. The van der Waals surface area contributed by atoms with E-state index in [0.717, 1.165) is 21.7 Å². The number of carbonyl (C=O) groups excluding carboxylic acids is 1. The van der Waals surface area contributed by atoms with E-state index in [2.05, 4.69) is 20.5 Å². The molecule has 0 saturated heterocycles. The third-order valence-corrected chi connectivity index (χ3v) is 5.27. The van der Waals surface area contributed by atoms with Gasteiger partial charge >= 0.3 is 0 Å². The normalized spacial score (nSPS) is 11.7. The van der Waals surface area contributed by atoms with Gasteiger partial charge in [0, 0.05) is 4.88 Å². The molecule has 0 aliphatic rings. The van der Waals surface area contributed by atoms with Crippen molar-refractivity contribution in [2.24, 2.45) is 5.10 Å². The monoisotopic (exact) mass is 368 g/mol. The number of carbonyl (C=O) groups is 1. The Bertz CT molecular complexity index is 1030. The van der Waals surface area contributed by atoms with Crippen LogP contribution in [0.25, 0.3) is 10.2 Å². The van der Waals surface area contributed by atoms with Gasteiger partial charge in [0.05, 0.1) is 17.5 Å². The molecule has 3 aromatic rings. The number of aromatic nitrogens is 2. The van der Waals surface area contributed by atoms with Crippen LogP contribution in [0.5, 0.6) is 0 Å². The molecule has 0 unspecified atom stereocenters. The molecule has 6 nitrogen and oxygen atoms in total. The highest BCUT2D eigenvalue weighted by Crippen LogP contribution is 2.25. The number of hydrogen-bond donors (Lipinski definition) is 2. The summed E-state index contributed by atoms with van der Waals surface area (Å²) in [6.07, 6.45) is 0.662. The van der Waals surface area contributed by atoms with Gasteiger partial charge in [-0.1, -0.05) is 37.3 Å². The summed E-state index contributed by atoms with van der Waals surface area (Å²) < 4.78 is 0. The van der Waals surface area contributed by atoms with Crippen molar-refractivity contribution in [1.82, 2.24) is 15.4 Å². The van der Waals surface area contributed by atoms with Crippen molar-refractivity contribution in [3.8, 4) is 0 Å². The van der Waals surface area contributed by atoms with Crippen molar-refractivity contribution in [1.29, 1.82) is 0 Å². The van der Waals surface area contributed by atoms with E-state index in [0.29, 0.717) is 22.5 Å². The predicted octanol–water partition coefficient (Wildman–Crippen LogP) is 3.07. The lowest BCUT2D eigenvalue weighted by Crippen LogP contribution is -2.24. The van der Waals surface area contributed by atoms with E-state index in [1.54, 1.807) is 0 Å². The van der Waals surface area contributed by atoms with Crippen LogP contribution in [0.3, 0.4) is 0 Å². The molecule has 0 fully saturated rings. The fourth-order valence-electron chi connectivity index (χ4n) is 2.68. The maximum Gasteiger partial charge on any atom is 0.259 e. The molecule has 0 aliphatic heterocycles. The lowest BCUT2D eigenvalue weighted by molar-refractivity contribution is -0.120. The van der Waals surface area contributed by atoms with E-state index in [1.165, 1.54) is 11.3 Å². The quantitative estimate of drug-likeness (QED) is 0.536. The van der Waals surface area contributed by atoms with Gasteiger partial charge < -0.3 is 4.98 Å². The number of benzene rings is 1. The van der Waals surface area contributed by atoms with E-state index in [4.69, 9.17) is 0 Å². The van der Waals surface area contributed by atoms with Crippen LogP contribution in [0, 0.1) is 13.8 Å². The number of amides is 1. The minimum atomic E-state index is -0.320. The summed E-state index contributed by atoms with van der Waals surface area (Å²) in [5, 5.41) is 4.82. The van der Waals surface area contributed by atoms with Gasteiger partial charge in [0.25, 0.3) is 5.56 Å². The summed E-state index contributed by atoms with van der Waals surface area (Å²) in [5.74, 6) is 0.0218. The number of aryl methyl sites for hydroxylation is 2. The Morgan fingerprint density at radius 3 is 2.69 bits per heavy atom. The number of aromatic amines is 1. The Labute approximate surface area is 155 Å². The molecule has 0 saturated carbocycles. The lowest BCUT2D eigenvalue weighted by atomic mass is 10.1. The van der Waals surface area contributed by atoms with Crippen molar-refractivity contribution < 1.29 is 4.79 Å². The number of nitrogens with one attached hydrogen (secondary N) is 2. The number of hydrazone groups is 1. The molecule has 0 bridgehead atoms. The van der Waals surface area contributed by atoms with Crippen LogP contribution < -0.4 is 11.0 Å². The first-order valence-corrected chi connectivity index (χ1v) is 9.21. The average molecular weight is 368 g/mol. The van der Waals surface area contributed by atoms with Crippen molar-refractivity contribution >= 4 is 33.2 Å². The Hall–Kier alpha value is -2.80. The van der Waals surface area contributed by atoms with E-state index in [1.807, 2.05) is 51.1 Å². The molecule has 2 heterocycles. The molecule has 1 amide bonds. The summed E-state index contributed by atoms with van der Waals surface area (Å²) in [6.45, 7) is 5.84. The van der Waals surface area contributed by atoms with Crippen LogP contribution in [0.1, 0.15) is 35.2 Å². The summed E-state index contributed by atoms with van der Waals surface area (Å²) in [4.78, 5) is 33.3. The molecule has 0 atom stereocenters. The molecule has 26 heavy (non-hydrogen) atoms. The van der Waals surface area contributed by atoms with Crippen LogP contribution >= 0.6 is 11.3 Å². The van der Waals surface area contributed by atoms with E-state index < -0.39 is 0 Å². The molecule has 2 aromatic heterocycles. The number of thiophene rings is 1. The van der Waals surface area contributed by atoms with Crippen LogP contribution in [0.2, 0.25) is 0 Å². The Morgan fingerprint density at radius 1 is 1.27 bits per heavy atom. The van der Waals surface area contributed by atoms with Gasteiger partial charge in [-0.3, -0.25) is 9.59 Å². The molecule has 3 rings (SSSR count). The Kier molecular flexibility index (Phi) is 5.27. The molecular formula is C19H20N4O2S. The second-order valence-electron chi connectivity index (χ2n) is 5.97. The molecule has 1 aromatic carbocycles. The first-order valence-electron chi connectivity index (χ1n) is 8.39. The lowest BCUT2D eigenvalue weighted by Gasteiger charge is -2.05. The molecule has 134 valence electrons. The number of rotatable bonds is 5. The van der Waals surface area contributed by atoms with Crippen LogP contribution in [-0.2, 0) is 11.2 Å². The van der Waals surface area contributed by atoms with E-state index in [9.17, 15) is 9.59 Å². The number of nitrogens with zero attached hydrogens (tertiary/aromatic N) is 2. The summed E-state index contributed by atoms with van der Waals surface area (Å²) in [5.41, 5.74) is 5.05. The molecular weight excluding hydrogens is 348 g/mol. The molecule has 7 heteroatoms. The second kappa shape index (κ2) is 7.61. The van der Waals surface area contributed by atoms with Gasteiger partial charge in [0.15, 0.2) is 0 Å². The van der Waals surface area contributed by atoms with E-state index >= 15 is 0 Å². The molecule has 0 aliphatic carbocycles. The van der Waals surface area contributed by atoms with Crippen molar-refractivity contribution in [3.05, 3.63) is 62.5 Å². The third kappa shape index (κ3) is 3.72. The van der Waals surface area contributed by atoms with Gasteiger partial charge in [0.1, 0.15) is 10.7 Å². The zero-order chi connectivity index (χ0) is 18.7. The minimum Gasteiger partial charge on any atom is -0.309 e. The zero-order valence-corrected chi connectivity index (χ0v) is 15.7. The van der Waals surface area contributed by atoms with Crippen molar-refractivity contribution in [2.75, 3.05) is 0 Å². The van der Waals surface area contributed by atoms with Gasteiger partial charge in [-0.2, -0.15) is 5.10 Å². The first-order chi connectivity index (χ1) is 12.5. The van der Waals surface area contributed by atoms with Crippen LogP contribution in [-0.4, -0.2) is 21.6 Å². The predicted molar refractivity (Wildman–Crippen MR) is 105 cm³/mol. The number of H-pyrrole nitrogens is 1. The van der Waals surface area contributed by atoms with Gasteiger partial charge in [-0.15, -0.1) is 11.3 Å². The fourth-order valence-corrected chi connectivity index (χ4v) is 3.73. The number of fused-ring (bicyclic) bond motifs is 1. The van der Waals surface area contributed by atoms with Gasteiger partial charge in [-0.25, -0.2) is 10.4 Å². The highest BCUT2D eigenvalue weighted by molar-refractivity contribution is 7.18. The average Bonchev–Trinajstić information content (AvgIpc) is 2.91. The maximum absolute atomic E-state index is 12.3. The fraction of sp³-hybridized carbons (Fsp3) is 0.263. The standard InChI is InChI=1S/C19H20N4O2S/c1-4-14(13-8-6-5-7-9-13)22-23-16(24)10-15-20-18(25)17-11(2)12(3)26-19(17)21-15/h5-9H,4,10H2,1-3H3,(H,23,24)(H,20,21,25)/b22-14+. The first kappa shape index (κ1) is 18.0. The summed E-state index contributed by atoms with van der Waals surface area (Å²) in [7, 11) is 0. The highest BCUT2D eigenvalue weighted by atomic mass is 32.1. The Balaban J connectivity index is 1.77. The van der Waals surface area contributed by atoms with Crippen molar-refractivity contribution in [2.45, 2.75) is 33.6 Å². The van der Waals surface area contributed by atoms with Gasteiger partial charge in [0.2, 0.25) is 5.91 Å². The highest BCUT2D eigenvalue weighted by Gasteiger charge is 2.13. The third-order valence-electron chi connectivity index (χ3n) is 4.17. The molecule has 0 spiro atoms. The van der Waals surface area contributed by atoms with Crippen molar-refractivity contribution in [3.63, 3.8) is 0 Å². The minimum absolute atomic E-state index is 0.0313. The molecule has 0 radical (unpaired) electrons. The summed E-state index contributed by atoms with van der Waals surface area (Å²) >= 11 is 1.46. The van der Waals surface area contributed by atoms with Gasteiger partial charge in [-0.05, 0) is 31.4 Å². The van der Waals surface area contributed by atoms with Crippen LogP contribution in [0.15, 0.2) is 40.2 Å². The molecule has 2 N–H and O–H groups in total. The topological polar surface area (TPSA) is 87.2 Å². The zero-order valence-electron chi connectivity index (χ0n) is 14.9.